The monoisotopic (exact) mass is 128 g/mol. The number of allylic oxidation sites excluding steroid dienone is 2. The molecule has 0 heterocycles. The summed E-state index contributed by atoms with van der Waals surface area (Å²) in [5.41, 5.74) is 0. The summed E-state index contributed by atoms with van der Waals surface area (Å²) in [7, 11) is -1.15. The van der Waals surface area contributed by atoms with E-state index in [1.165, 1.54) is 0 Å². The third-order valence-corrected chi connectivity index (χ3v) is 0.994. The first-order valence-corrected chi connectivity index (χ1v) is 3.28. The summed E-state index contributed by atoms with van der Waals surface area (Å²) in [5.74, 6) is 0. The zero-order chi connectivity index (χ0) is 7.11. The van der Waals surface area contributed by atoms with Crippen molar-refractivity contribution >= 4 is 7.12 Å². The second-order valence-electron chi connectivity index (χ2n) is 1.94. The minimum atomic E-state index is -1.15. The Morgan fingerprint density at radius 2 is 2.00 bits per heavy atom. The van der Waals surface area contributed by atoms with Crippen LogP contribution in [0, 0.1) is 0 Å². The molecule has 0 spiro atoms. The lowest BCUT2D eigenvalue weighted by Crippen LogP contribution is -2.08. The number of hydrogen-bond acceptors (Lipinski definition) is 2. The third kappa shape index (κ3) is 7.72. The normalized spacial score (nSPS) is 10.6. The van der Waals surface area contributed by atoms with Gasteiger partial charge in [-0.3, -0.25) is 0 Å². The summed E-state index contributed by atoms with van der Waals surface area (Å²) in [6, 6.07) is 0. The number of hydrogen-bond donors (Lipinski definition) is 2. The predicted molar refractivity (Wildman–Crippen MR) is 39.0 cm³/mol. The minimum Gasteiger partial charge on any atom is -0.427 e. The maximum Gasteiger partial charge on any atom is 0.451 e. The van der Waals surface area contributed by atoms with E-state index in [9.17, 15) is 0 Å². The highest BCUT2D eigenvalue weighted by Crippen LogP contribution is 1.94. The molecule has 0 unspecified atom stereocenters. The van der Waals surface area contributed by atoms with Crippen LogP contribution in [0.1, 0.15) is 19.8 Å². The predicted octanol–water partition coefficient (Wildman–Crippen LogP) is 0.815. The highest BCUT2D eigenvalue weighted by molar-refractivity contribution is 6.40. The summed E-state index contributed by atoms with van der Waals surface area (Å²) in [6.07, 6.45) is 6.19. The Bertz CT molecular complexity index is 81.1. The quantitative estimate of drug-likeness (QED) is 0.434. The summed E-state index contributed by atoms with van der Waals surface area (Å²) < 4.78 is 0. The second kappa shape index (κ2) is 5.85. The van der Waals surface area contributed by atoms with E-state index in [1.807, 2.05) is 19.1 Å². The highest BCUT2D eigenvalue weighted by atomic mass is 16.4. The SMILES string of the molecule is CCC=CCCB(O)O. The molecule has 0 saturated heterocycles. The van der Waals surface area contributed by atoms with Crippen molar-refractivity contribution in [3.63, 3.8) is 0 Å². The van der Waals surface area contributed by atoms with Gasteiger partial charge in [0.2, 0.25) is 0 Å². The molecule has 0 saturated carbocycles. The molecular formula is C6H13BO2. The molecule has 0 rings (SSSR count). The first kappa shape index (κ1) is 8.72. The molecule has 9 heavy (non-hydrogen) atoms. The van der Waals surface area contributed by atoms with E-state index in [2.05, 4.69) is 0 Å². The Kier molecular flexibility index (Phi) is 5.68. The Morgan fingerprint density at radius 1 is 1.33 bits per heavy atom. The third-order valence-electron chi connectivity index (χ3n) is 0.994. The lowest BCUT2D eigenvalue weighted by Gasteiger charge is -1.90. The van der Waals surface area contributed by atoms with Crippen LogP contribution in [0.3, 0.4) is 0 Å². The van der Waals surface area contributed by atoms with Crippen LogP contribution in [-0.2, 0) is 0 Å². The topological polar surface area (TPSA) is 40.5 Å². The Labute approximate surface area is 56.4 Å². The molecule has 0 aliphatic rings. The first-order valence-electron chi connectivity index (χ1n) is 3.28. The van der Waals surface area contributed by atoms with E-state index >= 15 is 0 Å². The van der Waals surface area contributed by atoms with E-state index in [1.54, 1.807) is 0 Å². The molecule has 2 nitrogen and oxygen atoms in total. The van der Waals surface area contributed by atoms with Gasteiger partial charge in [-0.05, 0) is 19.2 Å². The fourth-order valence-corrected chi connectivity index (χ4v) is 0.530. The summed E-state index contributed by atoms with van der Waals surface area (Å²) >= 11 is 0. The van der Waals surface area contributed by atoms with Crippen LogP contribution in [0.2, 0.25) is 6.32 Å². The van der Waals surface area contributed by atoms with Gasteiger partial charge >= 0.3 is 7.12 Å². The van der Waals surface area contributed by atoms with Crippen LogP contribution in [0.5, 0.6) is 0 Å². The van der Waals surface area contributed by atoms with Crippen LogP contribution in [0.25, 0.3) is 0 Å². The Morgan fingerprint density at radius 3 is 2.44 bits per heavy atom. The Hall–Kier alpha value is -0.275. The van der Waals surface area contributed by atoms with Crippen LogP contribution in [-0.4, -0.2) is 17.2 Å². The van der Waals surface area contributed by atoms with Crippen LogP contribution in [0.15, 0.2) is 12.2 Å². The molecule has 0 aromatic rings. The van der Waals surface area contributed by atoms with Gasteiger partial charge in [0.15, 0.2) is 0 Å². The molecule has 52 valence electrons. The minimum absolute atomic E-state index is 0.441. The van der Waals surface area contributed by atoms with Gasteiger partial charge in [-0.15, -0.1) is 0 Å². The van der Waals surface area contributed by atoms with Crippen molar-refractivity contribution in [2.24, 2.45) is 0 Å². The average Bonchev–Trinajstić information content (AvgIpc) is 1.80. The van der Waals surface area contributed by atoms with Crippen LogP contribution >= 0.6 is 0 Å². The van der Waals surface area contributed by atoms with Crippen molar-refractivity contribution in [1.82, 2.24) is 0 Å². The smallest absolute Gasteiger partial charge is 0.427 e. The number of rotatable bonds is 4. The molecule has 0 bridgehead atoms. The van der Waals surface area contributed by atoms with Gasteiger partial charge in [0.1, 0.15) is 0 Å². The molecule has 3 heteroatoms. The maximum atomic E-state index is 8.37. The molecule has 0 fully saturated rings. The highest BCUT2D eigenvalue weighted by Gasteiger charge is 2.01. The van der Waals surface area contributed by atoms with E-state index in [0.29, 0.717) is 6.32 Å². The molecule has 0 aliphatic heterocycles. The van der Waals surface area contributed by atoms with Crippen molar-refractivity contribution < 1.29 is 10.0 Å². The standard InChI is InChI=1S/C6H13BO2/c1-2-3-4-5-6-7(8)9/h3-4,8-9H,2,5-6H2,1H3. The fourth-order valence-electron chi connectivity index (χ4n) is 0.530. The van der Waals surface area contributed by atoms with Crippen molar-refractivity contribution in [2.45, 2.75) is 26.1 Å². The Balaban J connectivity index is 2.99. The van der Waals surface area contributed by atoms with Crippen LogP contribution < -0.4 is 0 Å². The lowest BCUT2D eigenvalue weighted by atomic mass is 9.84. The zero-order valence-electron chi connectivity index (χ0n) is 5.75. The van der Waals surface area contributed by atoms with Gasteiger partial charge in [-0.2, -0.15) is 0 Å². The average molecular weight is 128 g/mol. The summed E-state index contributed by atoms with van der Waals surface area (Å²) in [5, 5.41) is 16.7. The zero-order valence-corrected chi connectivity index (χ0v) is 5.75. The van der Waals surface area contributed by atoms with Gasteiger partial charge in [0, 0.05) is 0 Å². The van der Waals surface area contributed by atoms with Crippen molar-refractivity contribution in [3.05, 3.63) is 12.2 Å². The van der Waals surface area contributed by atoms with E-state index < -0.39 is 7.12 Å². The van der Waals surface area contributed by atoms with E-state index in [0.717, 1.165) is 12.8 Å². The van der Waals surface area contributed by atoms with E-state index in [-0.39, 0.29) is 0 Å². The van der Waals surface area contributed by atoms with Crippen molar-refractivity contribution in [2.75, 3.05) is 0 Å². The van der Waals surface area contributed by atoms with Gasteiger partial charge < -0.3 is 10.0 Å². The van der Waals surface area contributed by atoms with Gasteiger partial charge in [-0.1, -0.05) is 19.1 Å². The second-order valence-corrected chi connectivity index (χ2v) is 1.94. The van der Waals surface area contributed by atoms with E-state index in [4.69, 9.17) is 10.0 Å². The molecule has 0 atom stereocenters. The van der Waals surface area contributed by atoms with Gasteiger partial charge in [-0.25, -0.2) is 0 Å². The van der Waals surface area contributed by atoms with Crippen molar-refractivity contribution in [1.29, 1.82) is 0 Å². The van der Waals surface area contributed by atoms with Gasteiger partial charge in [0.05, 0.1) is 0 Å². The molecule has 0 amide bonds. The molecule has 0 radical (unpaired) electrons. The molecular weight excluding hydrogens is 115 g/mol. The fraction of sp³-hybridized carbons (Fsp3) is 0.667. The molecule has 2 N–H and O–H groups in total. The molecule has 0 aromatic heterocycles. The maximum absolute atomic E-state index is 8.37. The largest absolute Gasteiger partial charge is 0.451 e. The van der Waals surface area contributed by atoms with Crippen LogP contribution in [0.4, 0.5) is 0 Å². The summed E-state index contributed by atoms with van der Waals surface area (Å²) in [4.78, 5) is 0. The molecule has 0 aromatic carbocycles. The first-order chi connectivity index (χ1) is 4.27. The summed E-state index contributed by atoms with van der Waals surface area (Å²) in [6.45, 7) is 2.05. The molecule has 0 aliphatic carbocycles. The van der Waals surface area contributed by atoms with Gasteiger partial charge in [0.25, 0.3) is 0 Å². The lowest BCUT2D eigenvalue weighted by molar-refractivity contribution is 0.406. The van der Waals surface area contributed by atoms with Crippen molar-refractivity contribution in [3.8, 4) is 0 Å².